The summed E-state index contributed by atoms with van der Waals surface area (Å²) in [5.74, 6) is 0. The van der Waals surface area contributed by atoms with Crippen LogP contribution in [0.2, 0.25) is 0 Å². The molecule has 1 nitrogen and oxygen atoms in total. The molecular weight excluding hydrogens is 122 g/mol. The van der Waals surface area contributed by atoms with Gasteiger partial charge in [-0.05, 0) is 12.5 Å². The first kappa shape index (κ1) is 7.55. The summed E-state index contributed by atoms with van der Waals surface area (Å²) in [5, 5.41) is 0. The minimum absolute atomic E-state index is 0.620. The van der Waals surface area contributed by atoms with Gasteiger partial charge in [0.15, 0.2) is 0 Å². The van der Waals surface area contributed by atoms with Crippen molar-refractivity contribution in [3.8, 4) is 0 Å². The molecule has 0 saturated heterocycles. The number of likely N-dealkylation sites (N-methyl/N-ethyl adjacent to an activating group) is 1. The van der Waals surface area contributed by atoms with Gasteiger partial charge in [0.25, 0.3) is 0 Å². The maximum Gasteiger partial charge on any atom is 0.107 e. The Morgan fingerprint density at radius 1 is 1.30 bits per heavy atom. The van der Waals surface area contributed by atoms with Crippen LogP contribution in [0.15, 0.2) is 23.8 Å². The van der Waals surface area contributed by atoms with Crippen LogP contribution in [0.3, 0.4) is 0 Å². The van der Waals surface area contributed by atoms with Crippen molar-refractivity contribution in [2.24, 2.45) is 0 Å². The van der Waals surface area contributed by atoms with Crippen LogP contribution < -0.4 is 4.90 Å². The van der Waals surface area contributed by atoms with E-state index in [0.29, 0.717) is 6.04 Å². The smallest absolute Gasteiger partial charge is 0.107 e. The molecule has 0 fully saturated rings. The molecule has 1 radical (unpaired) electrons. The molecule has 0 spiro atoms. The van der Waals surface area contributed by atoms with Crippen molar-refractivity contribution in [2.45, 2.75) is 13.0 Å². The van der Waals surface area contributed by atoms with Crippen molar-refractivity contribution in [3.05, 3.63) is 30.2 Å². The highest BCUT2D eigenvalue weighted by molar-refractivity contribution is 5.35. The fourth-order valence-electron chi connectivity index (χ4n) is 1.01. The molecule has 0 bridgehead atoms. The molecule has 10 heavy (non-hydrogen) atoms. The van der Waals surface area contributed by atoms with Gasteiger partial charge < -0.3 is 4.90 Å². The monoisotopic (exact) mass is 137 g/mol. The van der Waals surface area contributed by atoms with E-state index in [1.807, 2.05) is 0 Å². The van der Waals surface area contributed by atoms with E-state index < -0.39 is 0 Å². The molecule has 0 aliphatic heterocycles. The third-order valence-corrected chi connectivity index (χ3v) is 2.05. The third-order valence-electron chi connectivity index (χ3n) is 2.05. The normalized spacial score (nSPS) is 19.8. The first-order valence-electron chi connectivity index (χ1n) is 3.73. The second-order valence-corrected chi connectivity index (χ2v) is 3.02. The lowest BCUT2D eigenvalue weighted by molar-refractivity contribution is -0.877. The molecule has 1 N–H and O–H groups in total. The van der Waals surface area contributed by atoms with E-state index in [4.69, 9.17) is 0 Å². The van der Waals surface area contributed by atoms with E-state index in [0.717, 1.165) is 0 Å². The third kappa shape index (κ3) is 1.48. The standard InChI is InChI=1S/C9H14N/c1-8(10(2)3)9-6-4-5-7-9/h4-8H,1-3H3/p+1. The minimum Gasteiger partial charge on any atom is -0.334 e. The van der Waals surface area contributed by atoms with Crippen molar-refractivity contribution >= 4 is 0 Å². The molecule has 55 valence electrons. The van der Waals surface area contributed by atoms with Crippen LogP contribution in [-0.4, -0.2) is 20.1 Å². The van der Waals surface area contributed by atoms with Gasteiger partial charge >= 0.3 is 0 Å². The number of quaternary nitrogens is 1. The number of rotatable bonds is 2. The summed E-state index contributed by atoms with van der Waals surface area (Å²) in [4.78, 5) is 1.48. The lowest BCUT2D eigenvalue weighted by Gasteiger charge is -2.17. The molecule has 0 saturated carbocycles. The average molecular weight is 137 g/mol. The fourth-order valence-corrected chi connectivity index (χ4v) is 1.01. The zero-order valence-electron chi connectivity index (χ0n) is 6.89. The Balaban J connectivity index is 2.50. The summed E-state index contributed by atoms with van der Waals surface area (Å²) in [6.45, 7) is 2.24. The molecule has 1 aliphatic carbocycles. The SMILES string of the molecule is CC(C1=CC=C[CH]1)[NH+](C)C. The number of nitrogens with one attached hydrogen (secondary N) is 1. The van der Waals surface area contributed by atoms with E-state index in [1.54, 1.807) is 0 Å². The molecule has 1 unspecified atom stereocenters. The first-order chi connectivity index (χ1) is 4.72. The van der Waals surface area contributed by atoms with Gasteiger partial charge in [-0.2, -0.15) is 0 Å². The molecule has 0 amide bonds. The molecule has 1 atom stereocenters. The van der Waals surface area contributed by atoms with Crippen molar-refractivity contribution in [3.63, 3.8) is 0 Å². The molecular formula is C9H15N+. The van der Waals surface area contributed by atoms with Crippen molar-refractivity contribution in [1.82, 2.24) is 0 Å². The lowest BCUT2D eigenvalue weighted by atomic mass is 10.1. The highest BCUT2D eigenvalue weighted by atomic mass is 15.1. The Labute approximate surface area is 63.0 Å². The maximum absolute atomic E-state index is 2.24. The van der Waals surface area contributed by atoms with E-state index in [1.165, 1.54) is 10.5 Å². The van der Waals surface area contributed by atoms with Gasteiger partial charge in [0.2, 0.25) is 0 Å². The summed E-state index contributed by atoms with van der Waals surface area (Å²) in [6, 6.07) is 0.620. The van der Waals surface area contributed by atoms with Crippen LogP contribution in [0.5, 0.6) is 0 Å². The molecule has 1 rings (SSSR count). The van der Waals surface area contributed by atoms with Crippen LogP contribution in [-0.2, 0) is 0 Å². The van der Waals surface area contributed by atoms with Crippen LogP contribution >= 0.6 is 0 Å². The average Bonchev–Trinajstić information content (AvgIpc) is 2.36. The van der Waals surface area contributed by atoms with E-state index in [-0.39, 0.29) is 0 Å². The Hall–Kier alpha value is -0.560. The molecule has 1 heteroatoms. The van der Waals surface area contributed by atoms with Gasteiger partial charge in [-0.25, -0.2) is 0 Å². The molecule has 1 aliphatic rings. The number of allylic oxidation sites excluding steroid dienone is 3. The zero-order chi connectivity index (χ0) is 7.56. The Morgan fingerprint density at radius 3 is 2.40 bits per heavy atom. The first-order valence-corrected chi connectivity index (χ1v) is 3.73. The van der Waals surface area contributed by atoms with Crippen LogP contribution in [0, 0.1) is 6.42 Å². The quantitative estimate of drug-likeness (QED) is 0.555. The van der Waals surface area contributed by atoms with E-state index >= 15 is 0 Å². The van der Waals surface area contributed by atoms with Crippen molar-refractivity contribution in [2.75, 3.05) is 14.1 Å². The largest absolute Gasteiger partial charge is 0.334 e. The minimum atomic E-state index is 0.620. The summed E-state index contributed by atoms with van der Waals surface area (Å²) in [5.41, 5.74) is 1.43. The predicted molar refractivity (Wildman–Crippen MR) is 43.8 cm³/mol. The van der Waals surface area contributed by atoms with Gasteiger partial charge in [0.05, 0.1) is 14.1 Å². The van der Waals surface area contributed by atoms with Gasteiger partial charge in [0, 0.05) is 6.42 Å². The predicted octanol–water partition coefficient (Wildman–Crippen LogP) is 0.220. The van der Waals surface area contributed by atoms with Crippen LogP contribution in [0.25, 0.3) is 0 Å². The van der Waals surface area contributed by atoms with E-state index in [2.05, 4.69) is 45.7 Å². The summed E-state index contributed by atoms with van der Waals surface area (Å²) < 4.78 is 0. The molecule has 0 aromatic heterocycles. The van der Waals surface area contributed by atoms with E-state index in [9.17, 15) is 0 Å². The Morgan fingerprint density at radius 2 is 2.00 bits per heavy atom. The van der Waals surface area contributed by atoms with Gasteiger partial charge in [0.1, 0.15) is 6.04 Å². The van der Waals surface area contributed by atoms with Gasteiger partial charge in [-0.3, -0.25) is 0 Å². The maximum atomic E-state index is 2.24. The summed E-state index contributed by atoms with van der Waals surface area (Å²) >= 11 is 0. The summed E-state index contributed by atoms with van der Waals surface area (Å²) in [7, 11) is 4.36. The highest BCUT2D eigenvalue weighted by Gasteiger charge is 2.14. The molecule has 0 aromatic carbocycles. The van der Waals surface area contributed by atoms with Crippen molar-refractivity contribution in [1.29, 1.82) is 0 Å². The van der Waals surface area contributed by atoms with Gasteiger partial charge in [-0.1, -0.05) is 18.2 Å². The lowest BCUT2D eigenvalue weighted by Crippen LogP contribution is -3.09. The van der Waals surface area contributed by atoms with Gasteiger partial charge in [-0.15, -0.1) is 0 Å². The highest BCUT2D eigenvalue weighted by Crippen LogP contribution is 2.10. The second kappa shape index (κ2) is 3.02. The summed E-state index contributed by atoms with van der Waals surface area (Å²) in [6.07, 6.45) is 8.54. The Kier molecular flexibility index (Phi) is 2.28. The number of hydrogen-bond donors (Lipinski definition) is 1. The zero-order valence-corrected chi connectivity index (χ0v) is 6.89. The molecule has 0 aromatic rings. The van der Waals surface area contributed by atoms with Crippen LogP contribution in [0.1, 0.15) is 6.92 Å². The van der Waals surface area contributed by atoms with Crippen molar-refractivity contribution < 1.29 is 4.90 Å². The fraction of sp³-hybridized carbons (Fsp3) is 0.444. The molecule has 0 heterocycles. The van der Waals surface area contributed by atoms with Crippen LogP contribution in [0.4, 0.5) is 0 Å². The Bertz CT molecular complexity index is 166. The number of hydrogen-bond acceptors (Lipinski definition) is 0. The second-order valence-electron chi connectivity index (χ2n) is 3.02. The topological polar surface area (TPSA) is 4.44 Å².